The Balaban J connectivity index is 1.94. The molecule has 1 fully saturated rings. The molecule has 1 aliphatic rings. The number of aliphatic carboxylic acids is 1. The smallest absolute Gasteiger partial charge is 0.314 e. The van der Waals surface area contributed by atoms with E-state index in [0.717, 1.165) is 37.7 Å². The zero-order valence-electron chi connectivity index (χ0n) is 9.46. The third kappa shape index (κ3) is 3.62. The van der Waals surface area contributed by atoms with Gasteiger partial charge in [-0.2, -0.15) is 4.98 Å². The van der Waals surface area contributed by atoms with Crippen molar-refractivity contribution in [2.45, 2.75) is 30.9 Å². The molecule has 1 N–H and O–H groups in total. The number of aromatic nitrogens is 2. The highest BCUT2D eigenvalue weighted by Crippen LogP contribution is 2.21. The zero-order chi connectivity index (χ0) is 12.1. The maximum absolute atomic E-state index is 10.4. The zero-order valence-corrected chi connectivity index (χ0v) is 10.3. The fraction of sp³-hybridized carbons (Fsp3) is 0.700. The van der Waals surface area contributed by atoms with Crippen molar-refractivity contribution in [3.63, 3.8) is 0 Å². The summed E-state index contributed by atoms with van der Waals surface area (Å²) in [6.07, 6.45) is 4.78. The summed E-state index contributed by atoms with van der Waals surface area (Å²) in [5, 5.41) is 12.8. The second-order valence-corrected chi connectivity index (χ2v) is 4.87. The van der Waals surface area contributed by atoms with Crippen molar-refractivity contribution in [3.05, 3.63) is 0 Å². The molecule has 0 saturated carbocycles. The molecule has 1 saturated heterocycles. The van der Waals surface area contributed by atoms with Crippen LogP contribution in [0.1, 0.15) is 25.7 Å². The van der Waals surface area contributed by atoms with Gasteiger partial charge in [-0.1, -0.05) is 24.6 Å². The predicted molar refractivity (Wildman–Crippen MR) is 63.3 cm³/mol. The van der Waals surface area contributed by atoms with Crippen LogP contribution in [0.4, 0.5) is 5.95 Å². The summed E-state index contributed by atoms with van der Waals surface area (Å²) in [4.78, 5) is 16.7. The van der Waals surface area contributed by atoms with Gasteiger partial charge in [-0.15, -0.1) is 0 Å². The van der Waals surface area contributed by atoms with E-state index >= 15 is 0 Å². The molecule has 0 spiro atoms. The van der Waals surface area contributed by atoms with Crippen molar-refractivity contribution in [3.8, 4) is 0 Å². The highest BCUT2D eigenvalue weighted by Gasteiger charge is 2.16. The summed E-state index contributed by atoms with van der Waals surface area (Å²) in [5.41, 5.74) is 0. The molecular formula is C10H15N3O3S. The van der Waals surface area contributed by atoms with Crippen LogP contribution in [0.5, 0.6) is 0 Å². The molecule has 0 aromatic carbocycles. The number of nitrogens with zero attached hydrogens (tertiary/aromatic N) is 3. The first-order chi connectivity index (χ1) is 8.25. The van der Waals surface area contributed by atoms with E-state index in [-0.39, 0.29) is 5.75 Å². The lowest BCUT2D eigenvalue weighted by molar-refractivity contribution is -0.133. The third-order valence-electron chi connectivity index (χ3n) is 2.60. The maximum atomic E-state index is 10.4. The number of anilines is 1. The predicted octanol–water partition coefficient (Wildman–Crippen LogP) is 1.63. The van der Waals surface area contributed by atoms with Crippen molar-refractivity contribution in [1.29, 1.82) is 0 Å². The van der Waals surface area contributed by atoms with Gasteiger partial charge >= 0.3 is 5.97 Å². The van der Waals surface area contributed by atoms with Crippen LogP contribution in [0.25, 0.3) is 0 Å². The van der Waals surface area contributed by atoms with Crippen LogP contribution in [-0.2, 0) is 4.79 Å². The van der Waals surface area contributed by atoms with Gasteiger partial charge in [0.05, 0.1) is 0 Å². The highest BCUT2D eigenvalue weighted by atomic mass is 32.2. The van der Waals surface area contributed by atoms with Crippen LogP contribution < -0.4 is 4.90 Å². The van der Waals surface area contributed by atoms with E-state index in [1.165, 1.54) is 12.8 Å². The molecule has 1 aromatic heterocycles. The molecule has 1 aliphatic heterocycles. The molecule has 0 atom stereocenters. The molecule has 6 nitrogen and oxygen atoms in total. The average Bonchev–Trinajstić information content (AvgIpc) is 2.60. The minimum absolute atomic E-state index is 0.0539. The second kappa shape index (κ2) is 5.90. The fourth-order valence-corrected chi connectivity index (χ4v) is 2.27. The largest absolute Gasteiger partial charge is 0.481 e. The van der Waals surface area contributed by atoms with Gasteiger partial charge in [-0.05, 0) is 18.0 Å². The first kappa shape index (κ1) is 12.2. The van der Waals surface area contributed by atoms with E-state index in [2.05, 4.69) is 15.0 Å². The van der Waals surface area contributed by atoms with Gasteiger partial charge in [0.15, 0.2) is 0 Å². The molecule has 7 heteroatoms. The van der Waals surface area contributed by atoms with Gasteiger partial charge in [-0.25, -0.2) is 0 Å². The standard InChI is InChI=1S/C10H15N3O3S/c14-8(15)7-17-10-11-9(12-16-10)13-5-3-1-2-4-6-13/h1-7H2,(H,14,15). The van der Waals surface area contributed by atoms with E-state index in [9.17, 15) is 4.79 Å². The first-order valence-corrected chi connectivity index (χ1v) is 6.67. The fourth-order valence-electron chi connectivity index (χ4n) is 1.78. The summed E-state index contributed by atoms with van der Waals surface area (Å²) in [7, 11) is 0. The lowest BCUT2D eigenvalue weighted by Gasteiger charge is -2.16. The summed E-state index contributed by atoms with van der Waals surface area (Å²) < 4.78 is 5.01. The van der Waals surface area contributed by atoms with Crippen LogP contribution in [0.2, 0.25) is 0 Å². The van der Waals surface area contributed by atoms with Gasteiger partial charge in [0, 0.05) is 13.1 Å². The van der Waals surface area contributed by atoms with Gasteiger partial charge < -0.3 is 14.5 Å². The lowest BCUT2D eigenvalue weighted by atomic mass is 10.2. The van der Waals surface area contributed by atoms with Crippen LogP contribution in [0.3, 0.4) is 0 Å². The molecular weight excluding hydrogens is 242 g/mol. The van der Waals surface area contributed by atoms with E-state index in [4.69, 9.17) is 9.63 Å². The third-order valence-corrected chi connectivity index (χ3v) is 3.41. The van der Waals surface area contributed by atoms with Gasteiger partial charge in [0.25, 0.3) is 11.2 Å². The van der Waals surface area contributed by atoms with Gasteiger partial charge in [-0.3, -0.25) is 4.79 Å². The minimum atomic E-state index is -0.885. The van der Waals surface area contributed by atoms with E-state index in [0.29, 0.717) is 11.2 Å². The number of carboxylic acids is 1. The van der Waals surface area contributed by atoms with Crippen LogP contribution in [-0.4, -0.2) is 40.1 Å². The van der Waals surface area contributed by atoms with Crippen LogP contribution in [0.15, 0.2) is 9.75 Å². The minimum Gasteiger partial charge on any atom is -0.481 e. The van der Waals surface area contributed by atoms with Crippen molar-refractivity contribution in [1.82, 2.24) is 10.1 Å². The summed E-state index contributed by atoms with van der Waals surface area (Å²) in [5.74, 6) is -0.355. The Morgan fingerprint density at radius 3 is 2.71 bits per heavy atom. The first-order valence-electron chi connectivity index (χ1n) is 5.69. The number of hydrogen-bond acceptors (Lipinski definition) is 6. The number of carboxylic acid groups (broad SMARTS) is 1. The summed E-state index contributed by atoms with van der Waals surface area (Å²) in [6, 6.07) is 0. The number of carbonyl (C=O) groups is 1. The molecule has 2 heterocycles. The number of rotatable bonds is 4. The Bertz CT molecular complexity index is 375. The Kier molecular flexibility index (Phi) is 4.24. The van der Waals surface area contributed by atoms with Crippen LogP contribution in [0, 0.1) is 0 Å². The van der Waals surface area contributed by atoms with Crippen molar-refractivity contribution >= 4 is 23.7 Å². The van der Waals surface area contributed by atoms with Crippen molar-refractivity contribution in [2.24, 2.45) is 0 Å². The SMILES string of the molecule is O=C(O)CSc1nc(N2CCCCCC2)no1. The summed E-state index contributed by atoms with van der Waals surface area (Å²) in [6.45, 7) is 1.89. The Hall–Kier alpha value is -1.24. The molecule has 0 unspecified atom stereocenters. The van der Waals surface area contributed by atoms with E-state index < -0.39 is 5.97 Å². The Morgan fingerprint density at radius 2 is 2.06 bits per heavy atom. The molecule has 94 valence electrons. The molecule has 0 bridgehead atoms. The molecule has 2 rings (SSSR count). The highest BCUT2D eigenvalue weighted by molar-refractivity contribution is 7.99. The number of hydrogen-bond donors (Lipinski definition) is 1. The average molecular weight is 257 g/mol. The second-order valence-electron chi connectivity index (χ2n) is 3.94. The summed E-state index contributed by atoms with van der Waals surface area (Å²) >= 11 is 1.05. The Labute approximate surface area is 103 Å². The molecule has 1 aromatic rings. The van der Waals surface area contributed by atoms with Crippen LogP contribution >= 0.6 is 11.8 Å². The maximum Gasteiger partial charge on any atom is 0.314 e. The molecule has 17 heavy (non-hydrogen) atoms. The van der Waals surface area contributed by atoms with E-state index in [1.807, 2.05) is 0 Å². The normalized spacial score (nSPS) is 16.8. The van der Waals surface area contributed by atoms with E-state index in [1.54, 1.807) is 0 Å². The lowest BCUT2D eigenvalue weighted by Crippen LogP contribution is -2.24. The topological polar surface area (TPSA) is 79.5 Å². The van der Waals surface area contributed by atoms with Gasteiger partial charge in [0.1, 0.15) is 5.75 Å². The van der Waals surface area contributed by atoms with Crippen molar-refractivity contribution in [2.75, 3.05) is 23.7 Å². The number of thioether (sulfide) groups is 1. The Morgan fingerprint density at radius 1 is 1.35 bits per heavy atom. The molecule has 0 amide bonds. The molecule has 0 aliphatic carbocycles. The monoisotopic (exact) mass is 257 g/mol. The van der Waals surface area contributed by atoms with Gasteiger partial charge in [0.2, 0.25) is 0 Å². The van der Waals surface area contributed by atoms with Crippen molar-refractivity contribution < 1.29 is 14.4 Å². The quantitative estimate of drug-likeness (QED) is 0.821. The molecule has 0 radical (unpaired) electrons.